The van der Waals surface area contributed by atoms with Gasteiger partial charge in [-0.15, -0.1) is 22.9 Å². The highest BCUT2D eigenvalue weighted by Gasteiger charge is 2.17. The van der Waals surface area contributed by atoms with Gasteiger partial charge in [0.05, 0.1) is 24.5 Å². The molecule has 0 aliphatic rings. The first-order valence-corrected chi connectivity index (χ1v) is 7.94. The Balaban J connectivity index is 2.56. The van der Waals surface area contributed by atoms with E-state index >= 15 is 0 Å². The molecule has 2 amide bonds. The molecule has 1 aromatic heterocycles. The van der Waals surface area contributed by atoms with Crippen LogP contribution in [-0.2, 0) is 21.9 Å². The Kier molecular flexibility index (Phi) is 6.95. The van der Waals surface area contributed by atoms with Gasteiger partial charge in [-0.1, -0.05) is 0 Å². The third-order valence-corrected chi connectivity index (χ3v) is 3.73. The topological polar surface area (TPSA) is 62.3 Å². The van der Waals surface area contributed by atoms with Crippen LogP contribution in [0.4, 0.5) is 0 Å². The maximum atomic E-state index is 12.1. The van der Waals surface area contributed by atoms with Gasteiger partial charge in [0.2, 0.25) is 11.8 Å². The molecule has 0 saturated carbocycles. The fraction of sp³-hybridized carbons (Fsp3) is 0.615. The first-order chi connectivity index (χ1) is 9.46. The van der Waals surface area contributed by atoms with Crippen LogP contribution in [0.15, 0.2) is 5.38 Å². The maximum Gasteiger partial charge on any atom is 0.239 e. The highest BCUT2D eigenvalue weighted by molar-refractivity contribution is 7.09. The second-order valence-corrected chi connectivity index (χ2v) is 5.88. The van der Waals surface area contributed by atoms with Gasteiger partial charge in [-0.05, 0) is 20.8 Å². The summed E-state index contributed by atoms with van der Waals surface area (Å²) in [5, 5.41) is 5.35. The quantitative estimate of drug-likeness (QED) is 0.780. The van der Waals surface area contributed by atoms with Crippen molar-refractivity contribution in [1.82, 2.24) is 15.2 Å². The third-order valence-electron chi connectivity index (χ3n) is 2.56. The summed E-state index contributed by atoms with van der Waals surface area (Å²) < 4.78 is 0. The fourth-order valence-corrected chi connectivity index (χ4v) is 2.66. The lowest BCUT2D eigenvalue weighted by Gasteiger charge is -2.20. The van der Waals surface area contributed by atoms with Gasteiger partial charge in [0.1, 0.15) is 5.01 Å². The molecule has 1 rings (SSSR count). The van der Waals surface area contributed by atoms with E-state index in [0.717, 1.165) is 10.7 Å². The first-order valence-electron chi connectivity index (χ1n) is 6.52. The normalized spacial score (nSPS) is 10.7. The van der Waals surface area contributed by atoms with Crippen LogP contribution in [0.25, 0.3) is 0 Å². The predicted molar refractivity (Wildman–Crippen MR) is 80.9 cm³/mol. The number of carbonyl (C=O) groups excluding carboxylic acids is 2. The second-order valence-electron chi connectivity index (χ2n) is 4.67. The molecule has 0 unspecified atom stereocenters. The number of halogens is 1. The molecule has 0 radical (unpaired) electrons. The molecule has 0 aliphatic heterocycles. The molecular weight excluding hydrogens is 298 g/mol. The Hall–Kier alpha value is -1.14. The van der Waals surface area contributed by atoms with E-state index in [1.165, 1.54) is 16.2 Å². The second kappa shape index (κ2) is 8.21. The Morgan fingerprint density at radius 1 is 1.50 bits per heavy atom. The SMILES string of the molecule is CCN(CC(=O)NC(C)C)C(=O)Cc1nc(CCl)cs1. The van der Waals surface area contributed by atoms with Crippen molar-refractivity contribution in [3.05, 3.63) is 16.1 Å². The third kappa shape index (κ3) is 5.46. The number of alkyl halides is 1. The molecule has 1 N–H and O–H groups in total. The molecule has 1 aromatic rings. The van der Waals surface area contributed by atoms with E-state index in [9.17, 15) is 9.59 Å². The zero-order chi connectivity index (χ0) is 15.1. The fourth-order valence-electron chi connectivity index (χ4n) is 1.65. The van der Waals surface area contributed by atoms with E-state index in [1.54, 1.807) is 0 Å². The first kappa shape index (κ1) is 16.9. The molecule has 0 saturated heterocycles. The predicted octanol–water partition coefficient (Wildman–Crippen LogP) is 1.80. The monoisotopic (exact) mass is 317 g/mol. The number of amides is 2. The minimum atomic E-state index is -0.143. The Morgan fingerprint density at radius 2 is 2.20 bits per heavy atom. The number of carbonyl (C=O) groups is 2. The van der Waals surface area contributed by atoms with Crippen LogP contribution < -0.4 is 5.32 Å². The number of nitrogens with one attached hydrogen (secondary N) is 1. The van der Waals surface area contributed by atoms with E-state index in [4.69, 9.17) is 11.6 Å². The largest absolute Gasteiger partial charge is 0.352 e. The highest BCUT2D eigenvalue weighted by atomic mass is 35.5. The number of hydrogen-bond donors (Lipinski definition) is 1. The van der Waals surface area contributed by atoms with Crippen LogP contribution in [-0.4, -0.2) is 40.8 Å². The van der Waals surface area contributed by atoms with Crippen molar-refractivity contribution in [3.63, 3.8) is 0 Å². The van der Waals surface area contributed by atoms with Gasteiger partial charge >= 0.3 is 0 Å². The summed E-state index contributed by atoms with van der Waals surface area (Å²) in [6.45, 7) is 6.21. The van der Waals surface area contributed by atoms with Crippen LogP contribution >= 0.6 is 22.9 Å². The maximum absolute atomic E-state index is 12.1. The van der Waals surface area contributed by atoms with E-state index in [1.807, 2.05) is 26.2 Å². The standard InChI is InChI=1S/C13H20ClN3O2S/c1-4-17(7-11(18)15-9(2)3)13(19)5-12-16-10(6-14)8-20-12/h8-9H,4-7H2,1-3H3,(H,15,18). The number of thiazole rings is 1. The minimum Gasteiger partial charge on any atom is -0.352 e. The average molecular weight is 318 g/mol. The van der Waals surface area contributed by atoms with Gasteiger partial charge in [-0.2, -0.15) is 0 Å². The summed E-state index contributed by atoms with van der Waals surface area (Å²) in [7, 11) is 0. The van der Waals surface area contributed by atoms with Crippen LogP contribution in [0.2, 0.25) is 0 Å². The zero-order valence-electron chi connectivity index (χ0n) is 12.0. The number of likely N-dealkylation sites (N-methyl/N-ethyl adjacent to an activating group) is 1. The lowest BCUT2D eigenvalue weighted by atomic mass is 10.3. The van der Waals surface area contributed by atoms with Crippen LogP contribution in [0.5, 0.6) is 0 Å². The van der Waals surface area contributed by atoms with Crippen LogP contribution in [0.1, 0.15) is 31.5 Å². The van der Waals surface area contributed by atoms with Crippen molar-refractivity contribution >= 4 is 34.8 Å². The molecule has 0 aliphatic carbocycles. The number of hydrogen-bond acceptors (Lipinski definition) is 4. The van der Waals surface area contributed by atoms with Gasteiger partial charge in [0, 0.05) is 18.0 Å². The highest BCUT2D eigenvalue weighted by Crippen LogP contribution is 2.13. The Labute approximate surface area is 128 Å². The lowest BCUT2D eigenvalue weighted by molar-refractivity contribution is -0.135. The van der Waals surface area contributed by atoms with E-state index in [2.05, 4.69) is 10.3 Å². The number of rotatable bonds is 7. The Bertz CT molecular complexity index is 462. The van der Waals surface area contributed by atoms with Crippen LogP contribution in [0.3, 0.4) is 0 Å². The van der Waals surface area contributed by atoms with Crippen LogP contribution in [0, 0.1) is 0 Å². The van der Waals surface area contributed by atoms with Crippen molar-refractivity contribution in [2.24, 2.45) is 0 Å². The molecule has 0 atom stereocenters. The van der Waals surface area contributed by atoms with E-state index in [-0.39, 0.29) is 30.8 Å². The summed E-state index contributed by atoms with van der Waals surface area (Å²) in [5.41, 5.74) is 0.778. The molecule has 0 aromatic carbocycles. The van der Waals surface area contributed by atoms with E-state index in [0.29, 0.717) is 12.4 Å². The lowest BCUT2D eigenvalue weighted by Crippen LogP contribution is -2.43. The van der Waals surface area contributed by atoms with Crippen molar-refractivity contribution in [2.75, 3.05) is 13.1 Å². The van der Waals surface area contributed by atoms with Crippen molar-refractivity contribution in [2.45, 2.75) is 39.1 Å². The molecule has 7 heteroatoms. The van der Waals surface area contributed by atoms with Gasteiger partial charge in [-0.3, -0.25) is 9.59 Å². The summed E-state index contributed by atoms with van der Waals surface area (Å²) in [6, 6.07) is 0.0709. The van der Waals surface area contributed by atoms with Gasteiger partial charge in [0.25, 0.3) is 0 Å². The summed E-state index contributed by atoms with van der Waals surface area (Å²) in [5.74, 6) is 0.108. The summed E-state index contributed by atoms with van der Waals surface area (Å²) >= 11 is 7.10. The van der Waals surface area contributed by atoms with Gasteiger partial charge < -0.3 is 10.2 Å². The molecule has 0 bridgehead atoms. The van der Waals surface area contributed by atoms with Crippen molar-refractivity contribution < 1.29 is 9.59 Å². The molecule has 20 heavy (non-hydrogen) atoms. The van der Waals surface area contributed by atoms with Gasteiger partial charge in [-0.25, -0.2) is 4.98 Å². The molecule has 0 fully saturated rings. The Morgan fingerprint density at radius 3 is 2.70 bits per heavy atom. The van der Waals surface area contributed by atoms with Gasteiger partial charge in [0.15, 0.2) is 0 Å². The molecule has 112 valence electrons. The van der Waals surface area contributed by atoms with Crippen molar-refractivity contribution in [3.8, 4) is 0 Å². The number of aromatic nitrogens is 1. The average Bonchev–Trinajstić information content (AvgIpc) is 2.82. The molecule has 0 spiro atoms. The minimum absolute atomic E-state index is 0.0709. The zero-order valence-corrected chi connectivity index (χ0v) is 13.6. The molecule has 5 nitrogen and oxygen atoms in total. The molecular formula is C13H20ClN3O2S. The summed E-state index contributed by atoms with van der Waals surface area (Å²) in [4.78, 5) is 29.6. The number of nitrogens with zero attached hydrogens (tertiary/aromatic N) is 2. The molecule has 1 heterocycles. The smallest absolute Gasteiger partial charge is 0.239 e. The van der Waals surface area contributed by atoms with E-state index < -0.39 is 0 Å². The summed E-state index contributed by atoms with van der Waals surface area (Å²) in [6.07, 6.45) is 0.213. The van der Waals surface area contributed by atoms with Crippen molar-refractivity contribution in [1.29, 1.82) is 0 Å².